The average Bonchev–Trinajstić information content (AvgIpc) is 3.31. The minimum absolute atomic E-state index is 0.305. The lowest BCUT2D eigenvalue weighted by Gasteiger charge is -2.49. The fourth-order valence-electron chi connectivity index (χ4n) is 5.01. The number of aromatic amines is 1. The number of hydrogen-bond acceptors (Lipinski definition) is 4. The Kier molecular flexibility index (Phi) is 4.29. The summed E-state index contributed by atoms with van der Waals surface area (Å²) < 4.78 is 4.35. The van der Waals surface area contributed by atoms with Crippen molar-refractivity contribution in [3.05, 3.63) is 61.4 Å². The summed E-state index contributed by atoms with van der Waals surface area (Å²) in [5.41, 5.74) is 3.92. The van der Waals surface area contributed by atoms with Crippen molar-refractivity contribution >= 4 is 16.7 Å². The zero-order valence-corrected chi connectivity index (χ0v) is 18.1. The highest BCUT2D eigenvalue weighted by Crippen LogP contribution is 2.39. The molecule has 160 valence electrons. The van der Waals surface area contributed by atoms with Crippen LogP contribution in [-0.2, 0) is 5.54 Å². The maximum atomic E-state index is 9.58. The van der Waals surface area contributed by atoms with E-state index < -0.39 is 0 Å². The lowest BCUT2D eigenvalue weighted by atomic mass is 9.86. The highest BCUT2D eigenvalue weighted by Gasteiger charge is 2.46. The molecule has 1 saturated carbocycles. The number of anilines is 1. The molecule has 7 heteroatoms. The molecule has 7 nitrogen and oxygen atoms in total. The first-order chi connectivity index (χ1) is 15.7. The predicted molar refractivity (Wildman–Crippen MR) is 122 cm³/mol. The number of nitriles is 1. The van der Waals surface area contributed by atoms with Crippen LogP contribution in [0.15, 0.2) is 61.4 Å². The SMILES string of the molecule is C[C@@H](C1CC1)[n+]1cccc(N2CC(CC#N)(n3cc(-c4ccnc5[nH]ccc45)cn3)C2)c1. The summed E-state index contributed by atoms with van der Waals surface area (Å²) in [6.45, 7) is 3.86. The molecule has 1 atom stereocenters. The third-order valence-electron chi connectivity index (χ3n) is 7.16. The molecule has 32 heavy (non-hydrogen) atoms. The van der Waals surface area contributed by atoms with Crippen LogP contribution in [0.1, 0.15) is 32.2 Å². The molecule has 1 saturated heterocycles. The average molecular weight is 425 g/mol. The zero-order chi connectivity index (χ0) is 21.7. The maximum absolute atomic E-state index is 9.58. The fraction of sp³-hybridized carbons (Fsp3) is 0.360. The molecule has 4 aromatic rings. The van der Waals surface area contributed by atoms with Gasteiger partial charge < -0.3 is 9.88 Å². The molecular weight excluding hydrogens is 398 g/mol. The van der Waals surface area contributed by atoms with Gasteiger partial charge in [-0.15, -0.1) is 0 Å². The van der Waals surface area contributed by atoms with Crippen molar-refractivity contribution < 1.29 is 4.57 Å². The molecule has 1 aliphatic heterocycles. The number of pyridine rings is 2. The Bertz CT molecular complexity index is 1320. The predicted octanol–water partition coefficient (Wildman–Crippen LogP) is 3.81. The lowest BCUT2D eigenvalue weighted by Crippen LogP contribution is -2.63. The normalized spacial score (nSPS) is 18.3. The van der Waals surface area contributed by atoms with Crippen LogP contribution in [0.25, 0.3) is 22.2 Å². The second kappa shape index (κ2) is 7.20. The number of nitrogens with one attached hydrogen (secondary N) is 1. The molecular formula is C25H26N7+. The van der Waals surface area contributed by atoms with Crippen molar-refractivity contribution in [3.8, 4) is 17.2 Å². The Morgan fingerprint density at radius 1 is 1.31 bits per heavy atom. The van der Waals surface area contributed by atoms with Crippen LogP contribution in [0, 0.1) is 17.2 Å². The Hall–Kier alpha value is -3.66. The molecule has 0 aromatic carbocycles. The van der Waals surface area contributed by atoms with Gasteiger partial charge in [0.2, 0.25) is 0 Å². The quantitative estimate of drug-likeness (QED) is 0.478. The van der Waals surface area contributed by atoms with E-state index in [0.29, 0.717) is 12.5 Å². The Morgan fingerprint density at radius 2 is 2.19 bits per heavy atom. The molecule has 6 rings (SSSR count). The summed E-state index contributed by atoms with van der Waals surface area (Å²) in [5, 5.41) is 15.4. The Morgan fingerprint density at radius 3 is 3.00 bits per heavy atom. The van der Waals surface area contributed by atoms with Gasteiger partial charge in [0.1, 0.15) is 16.9 Å². The van der Waals surface area contributed by atoms with E-state index in [9.17, 15) is 5.26 Å². The molecule has 4 aromatic heterocycles. The first-order valence-electron chi connectivity index (χ1n) is 11.3. The van der Waals surface area contributed by atoms with Gasteiger partial charge in [-0.2, -0.15) is 10.4 Å². The van der Waals surface area contributed by atoms with Gasteiger partial charge >= 0.3 is 0 Å². The fourth-order valence-corrected chi connectivity index (χ4v) is 5.01. The topological polar surface area (TPSA) is 77.4 Å². The van der Waals surface area contributed by atoms with Gasteiger partial charge in [0.15, 0.2) is 18.4 Å². The van der Waals surface area contributed by atoms with Crippen molar-refractivity contribution in [3.63, 3.8) is 0 Å². The van der Waals surface area contributed by atoms with Crippen molar-refractivity contribution in [1.29, 1.82) is 5.26 Å². The van der Waals surface area contributed by atoms with E-state index in [-0.39, 0.29) is 5.54 Å². The van der Waals surface area contributed by atoms with Crippen molar-refractivity contribution in [2.45, 2.75) is 37.8 Å². The molecule has 0 amide bonds. The van der Waals surface area contributed by atoms with E-state index in [1.807, 2.05) is 35.4 Å². The number of hydrogen-bond donors (Lipinski definition) is 1. The Balaban J connectivity index is 1.27. The summed E-state index contributed by atoms with van der Waals surface area (Å²) in [6.07, 6.45) is 15.2. The summed E-state index contributed by atoms with van der Waals surface area (Å²) in [4.78, 5) is 9.90. The van der Waals surface area contributed by atoms with Crippen LogP contribution < -0.4 is 9.47 Å². The first-order valence-corrected chi connectivity index (χ1v) is 11.3. The monoisotopic (exact) mass is 424 g/mol. The third-order valence-corrected chi connectivity index (χ3v) is 7.16. The van der Waals surface area contributed by atoms with Gasteiger partial charge in [0, 0.05) is 54.6 Å². The number of rotatable bonds is 6. The third kappa shape index (κ3) is 3.06. The molecule has 2 fully saturated rings. The van der Waals surface area contributed by atoms with Gasteiger partial charge in [-0.3, -0.25) is 4.68 Å². The van der Waals surface area contributed by atoms with Gasteiger partial charge in [-0.1, -0.05) is 0 Å². The van der Waals surface area contributed by atoms with Crippen molar-refractivity contribution in [2.75, 3.05) is 18.0 Å². The van der Waals surface area contributed by atoms with Crippen molar-refractivity contribution in [2.24, 2.45) is 5.92 Å². The van der Waals surface area contributed by atoms with E-state index in [1.165, 1.54) is 18.5 Å². The number of aromatic nitrogens is 5. The number of fused-ring (bicyclic) bond motifs is 1. The van der Waals surface area contributed by atoms with E-state index in [1.54, 1.807) is 0 Å². The maximum Gasteiger partial charge on any atom is 0.192 e. The van der Waals surface area contributed by atoms with E-state index in [0.717, 1.165) is 41.2 Å². The summed E-state index contributed by atoms with van der Waals surface area (Å²) in [6, 6.07) is 11.3. The molecule has 0 radical (unpaired) electrons. The van der Waals surface area contributed by atoms with E-state index in [2.05, 4.69) is 63.2 Å². The number of H-pyrrole nitrogens is 1. The highest BCUT2D eigenvalue weighted by molar-refractivity contribution is 5.92. The van der Waals surface area contributed by atoms with Gasteiger partial charge in [0.25, 0.3) is 0 Å². The second-order valence-electron chi connectivity index (χ2n) is 9.27. The highest BCUT2D eigenvalue weighted by atomic mass is 15.4. The summed E-state index contributed by atoms with van der Waals surface area (Å²) >= 11 is 0. The molecule has 0 bridgehead atoms. The first kappa shape index (κ1) is 19.1. The molecule has 1 N–H and O–H groups in total. The van der Waals surface area contributed by atoms with Crippen LogP contribution in [0.3, 0.4) is 0 Å². The van der Waals surface area contributed by atoms with Crippen LogP contribution in [-0.4, -0.2) is 32.8 Å². The summed E-state index contributed by atoms with van der Waals surface area (Å²) in [5.74, 6) is 0.812. The van der Waals surface area contributed by atoms with E-state index >= 15 is 0 Å². The summed E-state index contributed by atoms with van der Waals surface area (Å²) in [7, 11) is 0. The largest absolute Gasteiger partial charge is 0.362 e. The van der Waals surface area contributed by atoms with Gasteiger partial charge in [-0.05, 0) is 43.5 Å². The molecule has 0 spiro atoms. The van der Waals surface area contributed by atoms with Crippen LogP contribution in [0.2, 0.25) is 0 Å². The molecule has 0 unspecified atom stereocenters. The van der Waals surface area contributed by atoms with Gasteiger partial charge in [-0.25, -0.2) is 9.55 Å². The van der Waals surface area contributed by atoms with Gasteiger partial charge in [0.05, 0.1) is 18.7 Å². The molecule has 5 heterocycles. The zero-order valence-electron chi connectivity index (χ0n) is 18.1. The second-order valence-corrected chi connectivity index (χ2v) is 9.27. The Labute approximate surface area is 186 Å². The minimum atomic E-state index is -0.305. The lowest BCUT2D eigenvalue weighted by molar-refractivity contribution is -0.722. The van der Waals surface area contributed by atoms with Crippen LogP contribution >= 0.6 is 0 Å². The standard InChI is InChI=1S/C25H26N7/c1-18(19-4-5-19)30-12-2-3-21(15-30)31-16-25(17-31,8-9-26)32-14-20(13-29-32)22-6-10-27-24-23(22)7-11-28-24/h2-3,6-7,10-15,18-19H,4-5,8,16-17H2,1H3,(H,27,28)/q+1/t18-/m0/s1. The smallest absolute Gasteiger partial charge is 0.192 e. The van der Waals surface area contributed by atoms with E-state index in [4.69, 9.17) is 5.10 Å². The molecule has 2 aliphatic rings. The molecule has 1 aliphatic carbocycles. The van der Waals surface area contributed by atoms with Crippen LogP contribution in [0.4, 0.5) is 5.69 Å². The van der Waals surface area contributed by atoms with Crippen molar-refractivity contribution in [1.82, 2.24) is 19.7 Å². The minimum Gasteiger partial charge on any atom is -0.362 e. The van der Waals surface area contributed by atoms with Crippen LogP contribution in [0.5, 0.6) is 0 Å². The number of nitrogens with zero attached hydrogens (tertiary/aromatic N) is 6.